The van der Waals surface area contributed by atoms with Crippen LogP contribution in [0.3, 0.4) is 0 Å². The zero-order valence-corrected chi connectivity index (χ0v) is 17.8. The molecule has 10 heteroatoms. The van der Waals surface area contributed by atoms with Crippen LogP contribution in [0, 0.1) is 0 Å². The smallest absolute Gasteiger partial charge is 0.261 e. The maximum absolute atomic E-state index is 13.2. The van der Waals surface area contributed by atoms with Gasteiger partial charge in [0.1, 0.15) is 13.2 Å². The Balaban J connectivity index is 1.28. The molecule has 0 saturated carbocycles. The second-order valence-electron chi connectivity index (χ2n) is 8.00. The van der Waals surface area contributed by atoms with Gasteiger partial charge in [-0.05, 0) is 42.0 Å². The molecule has 0 aliphatic carbocycles. The van der Waals surface area contributed by atoms with Gasteiger partial charge in [0.2, 0.25) is 6.79 Å². The first-order valence-electron chi connectivity index (χ1n) is 10.8. The van der Waals surface area contributed by atoms with E-state index in [0.717, 1.165) is 11.1 Å². The van der Waals surface area contributed by atoms with Crippen LogP contribution in [0.2, 0.25) is 0 Å². The van der Waals surface area contributed by atoms with Crippen LogP contribution in [0.5, 0.6) is 23.0 Å². The minimum Gasteiger partial charge on any atom is -0.486 e. The number of ether oxygens (including phenoxy) is 4. The molecule has 0 atom stereocenters. The fraction of sp³-hybridized carbons (Fsp3) is 0.167. The standard InChI is InChI=1S/C24H17N5O5/c30-23-16-11-25-24-26-22(15-2-4-18-21(10-15)32-8-7-31-18)27-29(24)17(16)5-6-28(23)12-14-1-3-19-20(9-14)34-13-33-19/h1-6,9-11H,7-8,12-13H2. The minimum atomic E-state index is -0.166. The van der Waals surface area contributed by atoms with Gasteiger partial charge >= 0.3 is 0 Å². The Bertz CT molecular complexity index is 1660. The maximum atomic E-state index is 13.2. The van der Waals surface area contributed by atoms with Crippen molar-refractivity contribution in [3.63, 3.8) is 0 Å². The third kappa shape index (κ3) is 2.95. The summed E-state index contributed by atoms with van der Waals surface area (Å²) < 4.78 is 25.3. The van der Waals surface area contributed by atoms with E-state index in [9.17, 15) is 4.79 Å². The highest BCUT2D eigenvalue weighted by Gasteiger charge is 2.17. The van der Waals surface area contributed by atoms with Crippen molar-refractivity contribution in [2.45, 2.75) is 6.54 Å². The number of fused-ring (bicyclic) bond motifs is 5. The molecule has 7 rings (SSSR count). The molecule has 2 aromatic carbocycles. The van der Waals surface area contributed by atoms with Gasteiger partial charge in [-0.3, -0.25) is 4.79 Å². The third-order valence-corrected chi connectivity index (χ3v) is 5.90. The SMILES string of the molecule is O=c1c2cnc3nc(-c4ccc5c(c4)OCCO5)nn3c2ccn1Cc1ccc2c(c1)OCO2. The van der Waals surface area contributed by atoms with Gasteiger partial charge in [-0.25, -0.2) is 4.98 Å². The molecule has 0 spiro atoms. The fourth-order valence-electron chi connectivity index (χ4n) is 4.22. The van der Waals surface area contributed by atoms with Crippen molar-refractivity contribution in [3.8, 4) is 34.4 Å². The molecule has 0 N–H and O–H groups in total. The van der Waals surface area contributed by atoms with Gasteiger partial charge in [-0.15, -0.1) is 5.10 Å². The van der Waals surface area contributed by atoms with Crippen LogP contribution in [0.4, 0.5) is 0 Å². The lowest BCUT2D eigenvalue weighted by atomic mass is 10.2. The van der Waals surface area contributed by atoms with Crippen molar-refractivity contribution in [1.29, 1.82) is 0 Å². The average molecular weight is 455 g/mol. The molecule has 5 aromatic rings. The second kappa shape index (κ2) is 7.20. The maximum Gasteiger partial charge on any atom is 0.261 e. The van der Waals surface area contributed by atoms with Gasteiger partial charge in [0.25, 0.3) is 11.3 Å². The van der Waals surface area contributed by atoms with E-state index in [1.807, 2.05) is 42.5 Å². The van der Waals surface area contributed by atoms with Crippen molar-refractivity contribution < 1.29 is 18.9 Å². The predicted molar refractivity (Wildman–Crippen MR) is 121 cm³/mol. The molecule has 0 radical (unpaired) electrons. The number of hydrogen-bond donors (Lipinski definition) is 0. The van der Waals surface area contributed by atoms with Crippen LogP contribution in [-0.4, -0.2) is 44.2 Å². The Morgan fingerprint density at radius 2 is 1.68 bits per heavy atom. The van der Waals surface area contributed by atoms with E-state index in [0.29, 0.717) is 65.3 Å². The summed E-state index contributed by atoms with van der Waals surface area (Å²) in [5.74, 6) is 3.65. The zero-order chi connectivity index (χ0) is 22.6. The van der Waals surface area contributed by atoms with E-state index >= 15 is 0 Å². The van der Waals surface area contributed by atoms with Crippen molar-refractivity contribution in [2.24, 2.45) is 0 Å². The molecule has 34 heavy (non-hydrogen) atoms. The molecule has 168 valence electrons. The van der Waals surface area contributed by atoms with E-state index in [1.54, 1.807) is 21.5 Å². The summed E-state index contributed by atoms with van der Waals surface area (Å²) in [6.45, 7) is 1.63. The van der Waals surface area contributed by atoms with Crippen LogP contribution in [0.25, 0.3) is 28.1 Å². The molecule has 10 nitrogen and oxygen atoms in total. The quantitative estimate of drug-likeness (QED) is 0.409. The molecule has 2 aliphatic heterocycles. The summed E-state index contributed by atoms with van der Waals surface area (Å²) in [5, 5.41) is 5.08. The van der Waals surface area contributed by atoms with Gasteiger partial charge in [-0.2, -0.15) is 9.50 Å². The zero-order valence-electron chi connectivity index (χ0n) is 17.8. The van der Waals surface area contributed by atoms with Gasteiger partial charge < -0.3 is 23.5 Å². The summed E-state index contributed by atoms with van der Waals surface area (Å²) in [7, 11) is 0. The molecule has 0 fully saturated rings. The summed E-state index contributed by atoms with van der Waals surface area (Å²) in [6.07, 6.45) is 3.30. The topological polar surface area (TPSA) is 102 Å². The highest BCUT2D eigenvalue weighted by atomic mass is 16.7. The van der Waals surface area contributed by atoms with Crippen LogP contribution in [0.1, 0.15) is 5.56 Å². The molecule has 5 heterocycles. The lowest BCUT2D eigenvalue weighted by Crippen LogP contribution is -2.21. The highest BCUT2D eigenvalue weighted by molar-refractivity contribution is 5.79. The first-order valence-corrected chi connectivity index (χ1v) is 10.8. The molecular weight excluding hydrogens is 438 g/mol. The lowest BCUT2D eigenvalue weighted by molar-refractivity contribution is 0.171. The van der Waals surface area contributed by atoms with Gasteiger partial charge in [0.05, 0.1) is 17.4 Å². The monoisotopic (exact) mass is 455 g/mol. The van der Waals surface area contributed by atoms with Crippen LogP contribution in [-0.2, 0) is 6.54 Å². The number of benzene rings is 2. The molecule has 0 saturated heterocycles. The minimum absolute atomic E-state index is 0.166. The average Bonchev–Trinajstić information content (AvgIpc) is 3.52. The Morgan fingerprint density at radius 1 is 0.882 bits per heavy atom. The van der Waals surface area contributed by atoms with E-state index in [4.69, 9.17) is 18.9 Å². The third-order valence-electron chi connectivity index (χ3n) is 5.90. The number of aromatic nitrogens is 5. The number of rotatable bonds is 3. The lowest BCUT2D eigenvalue weighted by Gasteiger charge is -2.18. The number of pyridine rings is 1. The molecule has 0 amide bonds. The molecule has 0 bridgehead atoms. The Kier molecular flexibility index (Phi) is 4.01. The summed E-state index contributed by atoms with van der Waals surface area (Å²) in [5.41, 5.74) is 2.18. The number of hydrogen-bond acceptors (Lipinski definition) is 8. The molecule has 2 aliphatic rings. The van der Waals surface area contributed by atoms with Gasteiger partial charge in [0, 0.05) is 18.0 Å². The Labute approximate surface area is 191 Å². The normalized spacial score (nSPS) is 14.1. The van der Waals surface area contributed by atoms with Gasteiger partial charge in [0.15, 0.2) is 28.8 Å². The Hall–Kier alpha value is -4.60. The summed E-state index contributed by atoms with van der Waals surface area (Å²) in [6, 6.07) is 13.1. The van der Waals surface area contributed by atoms with E-state index in [2.05, 4.69) is 15.1 Å². The summed E-state index contributed by atoms with van der Waals surface area (Å²) >= 11 is 0. The second-order valence-corrected chi connectivity index (χ2v) is 8.00. The molecular formula is C24H17N5O5. The molecule has 3 aromatic heterocycles. The highest BCUT2D eigenvalue weighted by Crippen LogP contribution is 2.34. The first kappa shape index (κ1) is 18.9. The van der Waals surface area contributed by atoms with E-state index in [1.165, 1.54) is 0 Å². The van der Waals surface area contributed by atoms with E-state index < -0.39 is 0 Å². The largest absolute Gasteiger partial charge is 0.486 e. The van der Waals surface area contributed by atoms with Crippen molar-refractivity contribution in [3.05, 3.63) is 70.8 Å². The molecule has 0 unspecified atom stereocenters. The van der Waals surface area contributed by atoms with Crippen LogP contribution < -0.4 is 24.5 Å². The first-order chi connectivity index (χ1) is 16.7. The van der Waals surface area contributed by atoms with Crippen LogP contribution in [0.15, 0.2) is 59.7 Å². The number of nitrogens with zero attached hydrogens (tertiary/aromatic N) is 5. The fourth-order valence-corrected chi connectivity index (χ4v) is 4.22. The van der Waals surface area contributed by atoms with Crippen molar-refractivity contribution in [2.75, 3.05) is 20.0 Å². The summed E-state index contributed by atoms with van der Waals surface area (Å²) in [4.78, 5) is 22.2. The Morgan fingerprint density at radius 3 is 2.62 bits per heavy atom. The predicted octanol–water partition coefficient (Wildman–Crippen LogP) is 2.65. The van der Waals surface area contributed by atoms with Gasteiger partial charge in [-0.1, -0.05) is 6.07 Å². The van der Waals surface area contributed by atoms with E-state index in [-0.39, 0.29) is 12.4 Å². The van der Waals surface area contributed by atoms with Crippen molar-refractivity contribution in [1.82, 2.24) is 24.1 Å². The van der Waals surface area contributed by atoms with Crippen LogP contribution >= 0.6 is 0 Å². The van der Waals surface area contributed by atoms with Crippen molar-refractivity contribution >= 4 is 16.7 Å².